The first-order valence-electron chi connectivity index (χ1n) is 4.06. The highest BCUT2D eigenvalue weighted by molar-refractivity contribution is 5.90. The van der Waals surface area contributed by atoms with Crippen LogP contribution in [0, 0.1) is 0 Å². The van der Waals surface area contributed by atoms with Crippen LogP contribution in [0.15, 0.2) is 24.5 Å². The number of aromatic nitrogens is 2. The highest BCUT2D eigenvalue weighted by atomic mass is 19.4. The minimum atomic E-state index is -4.49. The van der Waals surface area contributed by atoms with E-state index in [4.69, 9.17) is 5.73 Å². The third-order valence-corrected chi connectivity index (χ3v) is 1.96. The molecular formula is C9H6F3N3. The zero-order chi connectivity index (χ0) is 11.1. The van der Waals surface area contributed by atoms with E-state index < -0.39 is 11.9 Å². The number of hydrogen-bond acceptors (Lipinski definition) is 3. The molecule has 0 bridgehead atoms. The molecule has 0 saturated heterocycles. The Morgan fingerprint density at radius 2 is 1.87 bits per heavy atom. The number of benzene rings is 1. The molecule has 6 heteroatoms. The Kier molecular flexibility index (Phi) is 1.99. The molecule has 3 nitrogen and oxygen atoms in total. The Morgan fingerprint density at radius 1 is 1.13 bits per heavy atom. The van der Waals surface area contributed by atoms with Crippen molar-refractivity contribution in [3.05, 3.63) is 30.2 Å². The van der Waals surface area contributed by atoms with Gasteiger partial charge in [-0.1, -0.05) is 12.1 Å². The van der Waals surface area contributed by atoms with Crippen molar-refractivity contribution in [3.63, 3.8) is 0 Å². The van der Waals surface area contributed by atoms with E-state index in [1.165, 1.54) is 18.2 Å². The van der Waals surface area contributed by atoms with Crippen LogP contribution < -0.4 is 5.73 Å². The van der Waals surface area contributed by atoms with Gasteiger partial charge in [0.15, 0.2) is 5.69 Å². The van der Waals surface area contributed by atoms with Gasteiger partial charge in [0, 0.05) is 5.39 Å². The summed E-state index contributed by atoms with van der Waals surface area (Å²) in [6, 6.07) is 4.24. The summed E-state index contributed by atoms with van der Waals surface area (Å²) in [5, 5.41) is -0.0787. The second-order valence-electron chi connectivity index (χ2n) is 2.96. The lowest BCUT2D eigenvalue weighted by Gasteiger charge is -2.08. The summed E-state index contributed by atoms with van der Waals surface area (Å²) in [6.07, 6.45) is -3.63. The molecule has 0 saturated carbocycles. The maximum Gasteiger partial charge on any atom is 0.434 e. The van der Waals surface area contributed by atoms with E-state index in [-0.39, 0.29) is 16.6 Å². The highest BCUT2D eigenvalue weighted by Crippen LogP contribution is 2.33. The fourth-order valence-electron chi connectivity index (χ4n) is 1.34. The highest BCUT2D eigenvalue weighted by Gasteiger charge is 2.34. The number of rotatable bonds is 0. The molecule has 0 radical (unpaired) electrons. The van der Waals surface area contributed by atoms with Crippen molar-refractivity contribution >= 4 is 16.6 Å². The van der Waals surface area contributed by atoms with Crippen LogP contribution in [0.2, 0.25) is 0 Å². The average Bonchev–Trinajstić information content (AvgIpc) is 2.16. The molecule has 1 heterocycles. The lowest BCUT2D eigenvalue weighted by atomic mass is 10.1. The Balaban J connectivity index is 2.83. The third kappa shape index (κ3) is 1.58. The van der Waals surface area contributed by atoms with Gasteiger partial charge in [0.05, 0.1) is 11.2 Å². The second-order valence-corrected chi connectivity index (χ2v) is 2.96. The van der Waals surface area contributed by atoms with Crippen molar-refractivity contribution in [2.75, 3.05) is 5.73 Å². The number of alkyl halides is 3. The normalized spacial score (nSPS) is 11.9. The van der Waals surface area contributed by atoms with E-state index in [1.807, 2.05) is 0 Å². The largest absolute Gasteiger partial charge is 0.434 e. The number of nitrogens with zero attached hydrogens (tertiary/aromatic N) is 2. The average molecular weight is 213 g/mol. The number of hydrogen-bond donors (Lipinski definition) is 1. The third-order valence-electron chi connectivity index (χ3n) is 1.96. The van der Waals surface area contributed by atoms with Crippen LogP contribution in [-0.4, -0.2) is 9.97 Å². The van der Waals surface area contributed by atoms with Gasteiger partial charge in [0.25, 0.3) is 0 Å². The van der Waals surface area contributed by atoms with Gasteiger partial charge in [0.2, 0.25) is 0 Å². The first kappa shape index (κ1) is 9.70. The second kappa shape index (κ2) is 3.08. The van der Waals surface area contributed by atoms with Gasteiger partial charge in [-0.3, -0.25) is 0 Å². The summed E-state index contributed by atoms with van der Waals surface area (Å²) in [5.74, 6) is 0. The molecule has 0 aliphatic rings. The molecule has 2 aromatic rings. The maximum atomic E-state index is 12.5. The van der Waals surface area contributed by atoms with E-state index in [0.717, 1.165) is 6.33 Å². The Morgan fingerprint density at radius 3 is 2.53 bits per heavy atom. The summed E-state index contributed by atoms with van der Waals surface area (Å²) in [7, 11) is 0. The smallest absolute Gasteiger partial charge is 0.397 e. The van der Waals surface area contributed by atoms with E-state index in [2.05, 4.69) is 9.97 Å². The van der Waals surface area contributed by atoms with Crippen LogP contribution >= 0.6 is 0 Å². The molecule has 0 aliphatic heterocycles. The SMILES string of the molecule is Nc1cccc2c(C(F)(F)F)ncnc12. The molecule has 1 aromatic heterocycles. The number of halogens is 3. The van der Waals surface area contributed by atoms with Gasteiger partial charge >= 0.3 is 6.18 Å². The minimum absolute atomic E-state index is 0.0787. The molecule has 0 unspecified atom stereocenters. The molecule has 0 amide bonds. The summed E-state index contributed by atoms with van der Waals surface area (Å²) < 4.78 is 37.6. The van der Waals surface area contributed by atoms with Crippen molar-refractivity contribution in [2.24, 2.45) is 0 Å². The van der Waals surface area contributed by atoms with Crippen LogP contribution in [0.1, 0.15) is 5.69 Å². The fourth-order valence-corrected chi connectivity index (χ4v) is 1.34. The lowest BCUT2D eigenvalue weighted by Crippen LogP contribution is -2.09. The molecule has 0 atom stereocenters. The molecule has 78 valence electrons. The zero-order valence-electron chi connectivity index (χ0n) is 7.42. The quantitative estimate of drug-likeness (QED) is 0.682. The molecule has 2 rings (SSSR count). The number of fused-ring (bicyclic) bond motifs is 1. The summed E-state index contributed by atoms with van der Waals surface area (Å²) >= 11 is 0. The number of nitrogens with two attached hydrogens (primary N) is 1. The number of para-hydroxylation sites is 1. The molecular weight excluding hydrogens is 207 g/mol. The Bertz CT molecular complexity index is 507. The fraction of sp³-hybridized carbons (Fsp3) is 0.111. The lowest BCUT2D eigenvalue weighted by molar-refractivity contribution is -0.139. The minimum Gasteiger partial charge on any atom is -0.397 e. The monoisotopic (exact) mass is 213 g/mol. The van der Waals surface area contributed by atoms with Crippen molar-refractivity contribution in [2.45, 2.75) is 6.18 Å². The summed E-state index contributed by atoms with van der Waals surface area (Å²) in [4.78, 5) is 6.95. The summed E-state index contributed by atoms with van der Waals surface area (Å²) in [6.45, 7) is 0. The summed E-state index contributed by atoms with van der Waals surface area (Å²) in [5.41, 5.74) is 4.89. The van der Waals surface area contributed by atoms with Crippen molar-refractivity contribution in [1.82, 2.24) is 9.97 Å². The van der Waals surface area contributed by atoms with Gasteiger partial charge in [-0.15, -0.1) is 0 Å². The Hall–Kier alpha value is -1.85. The van der Waals surface area contributed by atoms with E-state index in [9.17, 15) is 13.2 Å². The number of anilines is 1. The number of nitrogen functional groups attached to an aromatic ring is 1. The molecule has 15 heavy (non-hydrogen) atoms. The van der Waals surface area contributed by atoms with Gasteiger partial charge in [-0.2, -0.15) is 13.2 Å². The standard InChI is InChI=1S/C9H6F3N3/c10-9(11,12)8-5-2-1-3-6(13)7(5)14-4-15-8/h1-4H,13H2. The van der Waals surface area contributed by atoms with E-state index >= 15 is 0 Å². The van der Waals surface area contributed by atoms with Crippen LogP contribution in [0.5, 0.6) is 0 Å². The molecule has 1 aromatic carbocycles. The van der Waals surface area contributed by atoms with Crippen LogP contribution in [-0.2, 0) is 6.18 Å². The maximum absolute atomic E-state index is 12.5. The molecule has 0 aliphatic carbocycles. The van der Waals surface area contributed by atoms with Crippen LogP contribution in [0.25, 0.3) is 10.9 Å². The first-order chi connectivity index (χ1) is 7.00. The Labute approximate surface area is 82.8 Å². The van der Waals surface area contributed by atoms with Crippen molar-refractivity contribution in [1.29, 1.82) is 0 Å². The van der Waals surface area contributed by atoms with E-state index in [1.54, 1.807) is 0 Å². The van der Waals surface area contributed by atoms with Gasteiger partial charge in [-0.05, 0) is 6.07 Å². The van der Waals surface area contributed by atoms with Gasteiger partial charge in [-0.25, -0.2) is 9.97 Å². The zero-order valence-corrected chi connectivity index (χ0v) is 7.42. The van der Waals surface area contributed by atoms with E-state index in [0.29, 0.717) is 0 Å². The molecule has 0 fully saturated rings. The van der Waals surface area contributed by atoms with Crippen LogP contribution in [0.4, 0.5) is 18.9 Å². The predicted octanol–water partition coefficient (Wildman–Crippen LogP) is 2.23. The molecule has 0 spiro atoms. The topological polar surface area (TPSA) is 51.8 Å². The van der Waals surface area contributed by atoms with Crippen molar-refractivity contribution in [3.8, 4) is 0 Å². The van der Waals surface area contributed by atoms with Gasteiger partial charge in [0.1, 0.15) is 6.33 Å². The van der Waals surface area contributed by atoms with Crippen molar-refractivity contribution < 1.29 is 13.2 Å². The van der Waals surface area contributed by atoms with Gasteiger partial charge < -0.3 is 5.73 Å². The predicted molar refractivity (Wildman–Crippen MR) is 49.0 cm³/mol. The van der Waals surface area contributed by atoms with Crippen LogP contribution in [0.3, 0.4) is 0 Å². The first-order valence-corrected chi connectivity index (χ1v) is 4.06. The molecule has 2 N–H and O–H groups in total.